The fourth-order valence-corrected chi connectivity index (χ4v) is 4.73. The molecule has 2 aromatic carbocycles. The molecular weight excluding hydrogens is 440 g/mol. The molecule has 0 bridgehead atoms. The minimum Gasteiger partial charge on any atom is -0.496 e. The molecule has 32 heavy (non-hydrogen) atoms. The number of carbonyl (C=O) groups excluding carboxylic acids is 2. The maximum absolute atomic E-state index is 13.1. The van der Waals surface area contributed by atoms with Gasteiger partial charge in [0.05, 0.1) is 12.0 Å². The molecule has 1 heterocycles. The van der Waals surface area contributed by atoms with E-state index in [9.17, 15) is 9.59 Å². The van der Waals surface area contributed by atoms with Crippen LogP contribution in [0.4, 0.5) is 0 Å². The van der Waals surface area contributed by atoms with Crippen molar-refractivity contribution in [1.82, 2.24) is 9.80 Å². The number of carbonyl (C=O) groups is 2. The highest BCUT2D eigenvalue weighted by Gasteiger charge is 2.34. The van der Waals surface area contributed by atoms with Gasteiger partial charge >= 0.3 is 0 Å². The lowest BCUT2D eigenvalue weighted by molar-refractivity contribution is -0.137. The second kappa shape index (κ2) is 10.3. The maximum atomic E-state index is 13.1. The Balaban J connectivity index is 1.70. The zero-order valence-corrected chi connectivity index (χ0v) is 20.5. The van der Waals surface area contributed by atoms with E-state index < -0.39 is 0 Å². The summed E-state index contributed by atoms with van der Waals surface area (Å²) in [6.07, 6.45) is 2.00. The quantitative estimate of drug-likeness (QED) is 0.417. The highest BCUT2D eigenvalue weighted by Crippen LogP contribution is 2.34. The van der Waals surface area contributed by atoms with E-state index in [0.717, 1.165) is 11.1 Å². The van der Waals surface area contributed by atoms with Crippen molar-refractivity contribution in [2.75, 3.05) is 13.7 Å². The van der Waals surface area contributed by atoms with Gasteiger partial charge in [0, 0.05) is 30.6 Å². The van der Waals surface area contributed by atoms with E-state index in [1.54, 1.807) is 13.2 Å². The van der Waals surface area contributed by atoms with Crippen molar-refractivity contribution in [2.24, 2.45) is 0 Å². The Kier molecular flexibility index (Phi) is 7.74. The highest BCUT2D eigenvalue weighted by molar-refractivity contribution is 8.26. The molecule has 3 rings (SSSR count). The van der Waals surface area contributed by atoms with Crippen molar-refractivity contribution < 1.29 is 14.3 Å². The first-order valence-electron chi connectivity index (χ1n) is 10.4. The fourth-order valence-electron chi connectivity index (χ4n) is 3.43. The number of rotatable bonds is 7. The van der Waals surface area contributed by atoms with Crippen LogP contribution in [-0.2, 0) is 16.1 Å². The summed E-state index contributed by atoms with van der Waals surface area (Å²) in [5.41, 5.74) is 1.54. The Morgan fingerprint density at radius 2 is 1.78 bits per heavy atom. The first kappa shape index (κ1) is 24.0. The summed E-state index contributed by atoms with van der Waals surface area (Å²) < 4.78 is 5.84. The van der Waals surface area contributed by atoms with Crippen LogP contribution < -0.4 is 4.74 Å². The molecule has 1 saturated heterocycles. The van der Waals surface area contributed by atoms with E-state index in [1.807, 2.05) is 80.3 Å². The lowest BCUT2D eigenvalue weighted by Crippen LogP contribution is -2.46. The largest absolute Gasteiger partial charge is 0.496 e. The van der Waals surface area contributed by atoms with Gasteiger partial charge in [0.2, 0.25) is 5.91 Å². The van der Waals surface area contributed by atoms with Crippen LogP contribution in [0, 0.1) is 0 Å². The summed E-state index contributed by atoms with van der Waals surface area (Å²) >= 11 is 6.69. The predicted octanol–water partition coefficient (Wildman–Crippen LogP) is 5.11. The fraction of sp³-hybridized carbons (Fsp3) is 0.320. The SMILES string of the molecule is COc1ccccc1/C=C1\SC(=S)N(CCC(=O)N(Cc2ccccc2)C(C)(C)C)C1=O. The van der Waals surface area contributed by atoms with E-state index >= 15 is 0 Å². The van der Waals surface area contributed by atoms with E-state index in [2.05, 4.69) is 0 Å². The Hall–Kier alpha value is -2.64. The summed E-state index contributed by atoms with van der Waals surface area (Å²) in [6, 6.07) is 17.4. The van der Waals surface area contributed by atoms with Gasteiger partial charge in [-0.25, -0.2) is 0 Å². The summed E-state index contributed by atoms with van der Waals surface area (Å²) in [5, 5.41) is 0. The van der Waals surface area contributed by atoms with Crippen LogP contribution in [0.2, 0.25) is 0 Å². The molecule has 0 unspecified atom stereocenters. The number of hydrogen-bond acceptors (Lipinski definition) is 5. The Bertz CT molecular complexity index is 1030. The van der Waals surface area contributed by atoms with Gasteiger partial charge in [0.1, 0.15) is 10.1 Å². The summed E-state index contributed by atoms with van der Waals surface area (Å²) in [7, 11) is 1.60. The van der Waals surface area contributed by atoms with Crippen LogP contribution in [0.25, 0.3) is 6.08 Å². The van der Waals surface area contributed by atoms with E-state index in [4.69, 9.17) is 17.0 Å². The Labute approximate surface area is 199 Å². The Morgan fingerprint density at radius 3 is 2.44 bits per heavy atom. The Morgan fingerprint density at radius 1 is 1.12 bits per heavy atom. The van der Waals surface area contributed by atoms with Crippen molar-refractivity contribution in [3.8, 4) is 5.75 Å². The predicted molar refractivity (Wildman–Crippen MR) is 134 cm³/mol. The molecule has 0 aromatic heterocycles. The third kappa shape index (κ3) is 5.78. The number of thiocarbonyl (C=S) groups is 1. The maximum Gasteiger partial charge on any atom is 0.266 e. The van der Waals surface area contributed by atoms with Crippen molar-refractivity contribution in [3.63, 3.8) is 0 Å². The van der Waals surface area contributed by atoms with Gasteiger partial charge in [0.15, 0.2) is 0 Å². The lowest BCUT2D eigenvalue weighted by atomic mass is 10.0. The van der Waals surface area contributed by atoms with Crippen molar-refractivity contribution >= 4 is 46.2 Å². The van der Waals surface area contributed by atoms with Gasteiger partial charge in [-0.3, -0.25) is 14.5 Å². The first-order valence-corrected chi connectivity index (χ1v) is 11.7. The van der Waals surface area contributed by atoms with Crippen LogP contribution in [-0.4, -0.2) is 45.1 Å². The van der Waals surface area contributed by atoms with Crippen LogP contribution >= 0.6 is 24.0 Å². The van der Waals surface area contributed by atoms with Crippen molar-refractivity contribution in [3.05, 3.63) is 70.6 Å². The first-order chi connectivity index (χ1) is 15.2. The standard InChI is InChI=1S/C25H28N2O3S2/c1-25(2,3)27(17-18-10-6-5-7-11-18)22(28)14-15-26-23(29)21(32-24(26)31)16-19-12-8-9-13-20(19)30-4/h5-13,16H,14-15,17H2,1-4H3/b21-16-. The smallest absolute Gasteiger partial charge is 0.266 e. The molecule has 2 aromatic rings. The molecule has 168 valence electrons. The zero-order valence-electron chi connectivity index (χ0n) is 18.8. The monoisotopic (exact) mass is 468 g/mol. The molecule has 0 radical (unpaired) electrons. The zero-order chi connectivity index (χ0) is 23.3. The molecule has 5 nitrogen and oxygen atoms in total. The second-order valence-corrected chi connectivity index (χ2v) is 10.1. The number of thioether (sulfide) groups is 1. The van der Waals surface area contributed by atoms with Crippen LogP contribution in [0.15, 0.2) is 59.5 Å². The van der Waals surface area contributed by atoms with Crippen LogP contribution in [0.5, 0.6) is 5.75 Å². The van der Waals surface area contributed by atoms with Gasteiger partial charge in [-0.15, -0.1) is 0 Å². The van der Waals surface area contributed by atoms with Gasteiger partial charge in [-0.05, 0) is 38.5 Å². The van der Waals surface area contributed by atoms with Gasteiger partial charge in [0.25, 0.3) is 5.91 Å². The highest BCUT2D eigenvalue weighted by atomic mass is 32.2. The normalized spacial score (nSPS) is 15.4. The number of hydrogen-bond donors (Lipinski definition) is 0. The second-order valence-electron chi connectivity index (χ2n) is 8.46. The average Bonchev–Trinajstić information content (AvgIpc) is 3.03. The minimum atomic E-state index is -0.341. The van der Waals surface area contributed by atoms with Gasteiger partial charge in [-0.1, -0.05) is 72.5 Å². The summed E-state index contributed by atoms with van der Waals surface area (Å²) in [6.45, 7) is 6.83. The van der Waals surface area contributed by atoms with Crippen LogP contribution in [0.1, 0.15) is 38.3 Å². The molecule has 0 atom stereocenters. The van der Waals surface area contributed by atoms with Gasteiger partial charge < -0.3 is 9.64 Å². The molecule has 0 N–H and O–H groups in total. The molecule has 0 saturated carbocycles. The van der Waals surface area contributed by atoms with E-state index in [0.29, 0.717) is 21.5 Å². The third-order valence-corrected chi connectivity index (χ3v) is 6.52. The van der Waals surface area contributed by atoms with Crippen LogP contribution in [0.3, 0.4) is 0 Å². The summed E-state index contributed by atoms with van der Waals surface area (Å²) in [4.78, 5) is 30.0. The number of benzene rings is 2. The topological polar surface area (TPSA) is 49.9 Å². The molecular formula is C25H28N2O3S2. The average molecular weight is 469 g/mol. The molecule has 1 aliphatic rings. The van der Waals surface area contributed by atoms with Crippen molar-refractivity contribution in [1.29, 1.82) is 0 Å². The number of amides is 2. The molecule has 1 fully saturated rings. The molecule has 0 spiro atoms. The molecule has 2 amide bonds. The third-order valence-electron chi connectivity index (χ3n) is 5.14. The number of methoxy groups -OCH3 is 1. The van der Waals surface area contributed by atoms with E-state index in [1.165, 1.54) is 16.7 Å². The molecule has 0 aliphatic carbocycles. The number of ether oxygens (including phenoxy) is 1. The van der Waals surface area contributed by atoms with Gasteiger partial charge in [-0.2, -0.15) is 0 Å². The molecule has 1 aliphatic heterocycles. The molecule has 7 heteroatoms. The summed E-state index contributed by atoms with van der Waals surface area (Å²) in [5.74, 6) is 0.503. The number of nitrogens with zero attached hydrogens (tertiary/aromatic N) is 2. The van der Waals surface area contributed by atoms with Crippen molar-refractivity contribution in [2.45, 2.75) is 39.3 Å². The number of para-hydroxylation sites is 1. The van der Waals surface area contributed by atoms with E-state index in [-0.39, 0.29) is 30.3 Å². The minimum absolute atomic E-state index is 0.0101. The lowest BCUT2D eigenvalue weighted by Gasteiger charge is -2.36.